The number of carbonyl (C=O) groups is 2. The fourth-order valence-electron chi connectivity index (χ4n) is 4.08. The number of halogens is 1. The molecule has 2 amide bonds. The topological polar surface area (TPSA) is 58.6 Å². The third kappa shape index (κ3) is 3.13. The molecule has 4 rings (SSSR count). The molecule has 1 saturated heterocycles. The molecule has 0 aromatic heterocycles. The van der Waals surface area contributed by atoms with E-state index < -0.39 is 5.41 Å². The largest absolute Gasteiger partial charge is 0.495 e. The number of anilines is 2. The maximum Gasteiger partial charge on any atom is 0.235 e. The minimum Gasteiger partial charge on any atom is -0.495 e. The molecule has 0 radical (unpaired) electrons. The normalized spacial score (nSPS) is 17.9. The maximum absolute atomic E-state index is 13.3. The van der Waals surface area contributed by atoms with Crippen LogP contribution in [0.2, 0.25) is 0 Å². The standard InChI is InChI=1S/C22H23FN2O3/c1-28-19-10-9-17(14-18(19)25-13-2-4-20(25)26)24-21(27)22(11-3-12-22)15-5-7-16(23)8-6-15/h5-10,14H,2-4,11-13H2,1H3,(H,24,27). The number of hydrogen-bond acceptors (Lipinski definition) is 3. The van der Waals surface area contributed by atoms with Crippen LogP contribution >= 0.6 is 0 Å². The van der Waals surface area contributed by atoms with Gasteiger partial charge in [0.2, 0.25) is 11.8 Å². The first kappa shape index (κ1) is 18.5. The molecule has 2 aliphatic rings. The summed E-state index contributed by atoms with van der Waals surface area (Å²) in [6, 6.07) is 11.5. The quantitative estimate of drug-likeness (QED) is 0.850. The lowest BCUT2D eigenvalue weighted by atomic mass is 9.64. The van der Waals surface area contributed by atoms with E-state index in [9.17, 15) is 14.0 Å². The Hall–Kier alpha value is -2.89. The molecular weight excluding hydrogens is 359 g/mol. The zero-order valence-corrected chi connectivity index (χ0v) is 15.8. The van der Waals surface area contributed by atoms with Gasteiger partial charge in [0, 0.05) is 18.7 Å². The van der Waals surface area contributed by atoms with E-state index in [2.05, 4.69) is 5.32 Å². The van der Waals surface area contributed by atoms with Crippen molar-refractivity contribution in [3.8, 4) is 5.75 Å². The maximum atomic E-state index is 13.3. The van der Waals surface area contributed by atoms with E-state index in [0.717, 1.165) is 31.2 Å². The average Bonchev–Trinajstić information content (AvgIpc) is 3.08. The molecular formula is C22H23FN2O3. The van der Waals surface area contributed by atoms with Crippen molar-refractivity contribution in [1.82, 2.24) is 0 Å². The molecule has 0 bridgehead atoms. The summed E-state index contributed by atoms with van der Waals surface area (Å²) >= 11 is 0. The zero-order chi connectivity index (χ0) is 19.7. The second-order valence-corrected chi connectivity index (χ2v) is 7.43. The van der Waals surface area contributed by atoms with Crippen molar-refractivity contribution >= 4 is 23.2 Å². The van der Waals surface area contributed by atoms with E-state index >= 15 is 0 Å². The predicted molar refractivity (Wildman–Crippen MR) is 105 cm³/mol. The van der Waals surface area contributed by atoms with Gasteiger partial charge in [-0.1, -0.05) is 18.6 Å². The summed E-state index contributed by atoms with van der Waals surface area (Å²) in [5, 5.41) is 3.00. The van der Waals surface area contributed by atoms with Crippen molar-refractivity contribution in [1.29, 1.82) is 0 Å². The van der Waals surface area contributed by atoms with Gasteiger partial charge in [-0.2, -0.15) is 0 Å². The van der Waals surface area contributed by atoms with E-state index in [1.54, 1.807) is 42.3 Å². The number of hydrogen-bond donors (Lipinski definition) is 1. The molecule has 5 nitrogen and oxygen atoms in total. The third-order valence-corrected chi connectivity index (χ3v) is 5.84. The Balaban J connectivity index is 1.60. The van der Waals surface area contributed by atoms with Gasteiger partial charge in [0.25, 0.3) is 0 Å². The fourth-order valence-corrected chi connectivity index (χ4v) is 4.08. The van der Waals surface area contributed by atoms with E-state index in [1.165, 1.54) is 12.1 Å². The summed E-state index contributed by atoms with van der Waals surface area (Å²) in [6.45, 7) is 0.645. The summed E-state index contributed by atoms with van der Waals surface area (Å²) in [4.78, 5) is 27.0. The van der Waals surface area contributed by atoms with Crippen molar-refractivity contribution in [2.45, 2.75) is 37.5 Å². The zero-order valence-electron chi connectivity index (χ0n) is 15.8. The highest BCUT2D eigenvalue weighted by Crippen LogP contribution is 2.45. The third-order valence-electron chi connectivity index (χ3n) is 5.84. The molecule has 0 atom stereocenters. The van der Waals surface area contributed by atoms with Crippen molar-refractivity contribution in [3.63, 3.8) is 0 Å². The number of rotatable bonds is 5. The van der Waals surface area contributed by atoms with Crippen molar-refractivity contribution in [2.75, 3.05) is 23.9 Å². The first-order valence-corrected chi connectivity index (χ1v) is 9.59. The second kappa shape index (κ2) is 7.26. The number of nitrogens with one attached hydrogen (secondary N) is 1. The molecule has 2 aromatic carbocycles. The highest BCUT2D eigenvalue weighted by Gasteiger charge is 2.45. The van der Waals surface area contributed by atoms with Crippen LogP contribution in [-0.2, 0) is 15.0 Å². The fraction of sp³-hybridized carbons (Fsp3) is 0.364. The van der Waals surface area contributed by atoms with Crippen molar-refractivity contribution in [2.24, 2.45) is 0 Å². The SMILES string of the molecule is COc1ccc(NC(=O)C2(c3ccc(F)cc3)CCC2)cc1N1CCCC1=O. The van der Waals surface area contributed by atoms with Crippen LogP contribution in [0.25, 0.3) is 0 Å². The van der Waals surface area contributed by atoms with E-state index in [0.29, 0.717) is 30.1 Å². The van der Waals surface area contributed by atoms with Crippen LogP contribution in [0.4, 0.5) is 15.8 Å². The van der Waals surface area contributed by atoms with E-state index in [-0.39, 0.29) is 17.6 Å². The van der Waals surface area contributed by atoms with Gasteiger partial charge in [-0.15, -0.1) is 0 Å². The molecule has 0 unspecified atom stereocenters. The predicted octanol–water partition coefficient (Wildman–Crippen LogP) is 4.02. The van der Waals surface area contributed by atoms with Crippen LogP contribution in [0.15, 0.2) is 42.5 Å². The lowest BCUT2D eigenvalue weighted by Gasteiger charge is -2.40. The van der Waals surface area contributed by atoms with Gasteiger partial charge in [-0.05, 0) is 55.2 Å². The first-order chi connectivity index (χ1) is 13.5. The van der Waals surface area contributed by atoms with Crippen molar-refractivity contribution in [3.05, 3.63) is 53.8 Å². The summed E-state index contributed by atoms with van der Waals surface area (Å²) < 4.78 is 18.7. The Morgan fingerprint density at radius 2 is 1.89 bits per heavy atom. The summed E-state index contributed by atoms with van der Waals surface area (Å²) in [5.74, 6) is 0.247. The van der Waals surface area contributed by atoms with Gasteiger partial charge in [0.15, 0.2) is 0 Å². The molecule has 146 valence electrons. The van der Waals surface area contributed by atoms with Crippen molar-refractivity contribution < 1.29 is 18.7 Å². The Bertz CT molecular complexity index is 906. The van der Waals surface area contributed by atoms with Crippen LogP contribution in [0, 0.1) is 5.82 Å². The van der Waals surface area contributed by atoms with Gasteiger partial charge >= 0.3 is 0 Å². The highest BCUT2D eigenvalue weighted by molar-refractivity contribution is 6.02. The number of carbonyl (C=O) groups excluding carboxylic acids is 2. The molecule has 1 aliphatic carbocycles. The minimum atomic E-state index is -0.628. The smallest absolute Gasteiger partial charge is 0.235 e. The minimum absolute atomic E-state index is 0.0588. The van der Waals surface area contributed by atoms with Crippen LogP contribution in [-0.4, -0.2) is 25.5 Å². The molecule has 6 heteroatoms. The highest BCUT2D eigenvalue weighted by atomic mass is 19.1. The second-order valence-electron chi connectivity index (χ2n) is 7.43. The lowest BCUT2D eigenvalue weighted by molar-refractivity contribution is -0.124. The lowest BCUT2D eigenvalue weighted by Crippen LogP contribution is -2.46. The molecule has 0 spiro atoms. The number of ether oxygens (including phenoxy) is 1. The number of amides is 2. The van der Waals surface area contributed by atoms with Gasteiger partial charge in [-0.3, -0.25) is 9.59 Å². The van der Waals surface area contributed by atoms with Crippen LogP contribution in [0.5, 0.6) is 5.75 Å². The number of nitrogens with zero attached hydrogens (tertiary/aromatic N) is 1. The van der Waals surface area contributed by atoms with Gasteiger partial charge < -0.3 is 15.0 Å². The number of benzene rings is 2. The van der Waals surface area contributed by atoms with E-state index in [1.807, 2.05) is 0 Å². The molecule has 1 aliphatic heterocycles. The average molecular weight is 382 g/mol. The Morgan fingerprint density at radius 3 is 2.46 bits per heavy atom. The van der Waals surface area contributed by atoms with Gasteiger partial charge in [0.05, 0.1) is 18.2 Å². The molecule has 1 saturated carbocycles. The monoisotopic (exact) mass is 382 g/mol. The molecule has 2 fully saturated rings. The molecule has 2 aromatic rings. The summed E-state index contributed by atoms with van der Waals surface area (Å²) in [7, 11) is 1.57. The van der Waals surface area contributed by atoms with Crippen LogP contribution in [0.1, 0.15) is 37.7 Å². The first-order valence-electron chi connectivity index (χ1n) is 9.59. The van der Waals surface area contributed by atoms with Gasteiger partial charge in [-0.25, -0.2) is 4.39 Å². The van der Waals surface area contributed by atoms with Crippen LogP contribution in [0.3, 0.4) is 0 Å². The molecule has 28 heavy (non-hydrogen) atoms. The summed E-state index contributed by atoms with van der Waals surface area (Å²) in [5.41, 5.74) is 1.50. The Labute approximate surface area is 163 Å². The summed E-state index contributed by atoms with van der Waals surface area (Å²) in [6.07, 6.45) is 3.76. The Morgan fingerprint density at radius 1 is 1.14 bits per heavy atom. The molecule has 1 N–H and O–H groups in total. The van der Waals surface area contributed by atoms with Gasteiger partial charge in [0.1, 0.15) is 11.6 Å². The Kier molecular flexibility index (Phi) is 4.79. The molecule has 1 heterocycles. The van der Waals surface area contributed by atoms with Crippen LogP contribution < -0.4 is 15.0 Å². The number of methoxy groups -OCH3 is 1. The van der Waals surface area contributed by atoms with E-state index in [4.69, 9.17) is 4.74 Å².